The fourth-order valence-corrected chi connectivity index (χ4v) is 2.13. The van der Waals surface area contributed by atoms with Gasteiger partial charge in [0.15, 0.2) is 6.61 Å². The molecular formula is C14H12BrN3O2. The van der Waals surface area contributed by atoms with Gasteiger partial charge in [-0.25, -0.2) is 4.98 Å². The molecule has 1 aliphatic heterocycles. The molecule has 0 saturated carbocycles. The summed E-state index contributed by atoms with van der Waals surface area (Å²) in [5, 5.41) is 5.97. The van der Waals surface area contributed by atoms with E-state index in [1.54, 1.807) is 6.20 Å². The first-order valence-electron chi connectivity index (χ1n) is 6.08. The number of ether oxygens (including phenoxy) is 1. The molecule has 6 heteroatoms. The van der Waals surface area contributed by atoms with Crippen molar-refractivity contribution >= 4 is 39.0 Å². The number of carbonyl (C=O) groups excluding carboxylic acids is 1. The molecule has 2 aromatic rings. The fourth-order valence-electron chi connectivity index (χ4n) is 1.92. The van der Waals surface area contributed by atoms with Gasteiger partial charge in [0, 0.05) is 16.4 Å². The Labute approximate surface area is 124 Å². The van der Waals surface area contributed by atoms with Crippen LogP contribution >= 0.6 is 15.9 Å². The molecule has 5 nitrogen and oxygen atoms in total. The summed E-state index contributed by atoms with van der Waals surface area (Å²) < 4.78 is 6.28. The van der Waals surface area contributed by atoms with Gasteiger partial charge in [0.05, 0.1) is 5.69 Å². The summed E-state index contributed by atoms with van der Waals surface area (Å²) in [5.74, 6) is 1.27. The topological polar surface area (TPSA) is 63.2 Å². The van der Waals surface area contributed by atoms with Crippen LogP contribution in [0.2, 0.25) is 0 Å². The lowest BCUT2D eigenvalue weighted by Crippen LogP contribution is -2.25. The monoisotopic (exact) mass is 333 g/mol. The van der Waals surface area contributed by atoms with Crippen LogP contribution in [0.3, 0.4) is 0 Å². The van der Waals surface area contributed by atoms with E-state index in [0.717, 1.165) is 21.5 Å². The summed E-state index contributed by atoms with van der Waals surface area (Å²) in [6, 6.07) is 7.47. The van der Waals surface area contributed by atoms with Gasteiger partial charge in [0.1, 0.15) is 11.6 Å². The van der Waals surface area contributed by atoms with Crippen molar-refractivity contribution in [3.8, 4) is 5.75 Å². The van der Waals surface area contributed by atoms with E-state index in [9.17, 15) is 4.79 Å². The van der Waals surface area contributed by atoms with E-state index in [1.807, 2.05) is 31.2 Å². The van der Waals surface area contributed by atoms with E-state index in [4.69, 9.17) is 4.74 Å². The third-order valence-electron chi connectivity index (χ3n) is 2.93. The molecule has 0 bridgehead atoms. The quantitative estimate of drug-likeness (QED) is 0.885. The number of hydrogen-bond acceptors (Lipinski definition) is 4. The van der Waals surface area contributed by atoms with Crippen LogP contribution < -0.4 is 15.4 Å². The first kappa shape index (κ1) is 12.9. The zero-order valence-corrected chi connectivity index (χ0v) is 12.3. The fraction of sp³-hybridized carbons (Fsp3) is 0.143. The summed E-state index contributed by atoms with van der Waals surface area (Å²) in [4.78, 5) is 15.6. The Bertz CT molecular complexity index is 688. The van der Waals surface area contributed by atoms with Crippen LogP contribution in [0.15, 0.2) is 34.9 Å². The average molecular weight is 334 g/mol. The number of nitrogens with one attached hydrogen (secondary N) is 2. The molecule has 1 aromatic carbocycles. The number of hydrogen-bond donors (Lipinski definition) is 2. The molecule has 1 aliphatic rings. The number of halogens is 1. The van der Waals surface area contributed by atoms with E-state index in [2.05, 4.69) is 31.5 Å². The maximum absolute atomic E-state index is 11.3. The van der Waals surface area contributed by atoms with Gasteiger partial charge in [-0.2, -0.15) is 0 Å². The Kier molecular flexibility index (Phi) is 3.31. The lowest BCUT2D eigenvalue weighted by Gasteiger charge is -2.18. The third kappa shape index (κ3) is 2.60. The Morgan fingerprint density at radius 3 is 3.05 bits per heavy atom. The van der Waals surface area contributed by atoms with Crippen molar-refractivity contribution in [2.24, 2.45) is 0 Å². The van der Waals surface area contributed by atoms with E-state index < -0.39 is 0 Å². The number of fused-ring (bicyclic) bond motifs is 1. The zero-order chi connectivity index (χ0) is 14.1. The number of anilines is 3. The molecule has 0 radical (unpaired) electrons. The van der Waals surface area contributed by atoms with Gasteiger partial charge < -0.3 is 15.4 Å². The molecule has 1 amide bonds. The number of benzene rings is 1. The van der Waals surface area contributed by atoms with E-state index in [0.29, 0.717) is 11.4 Å². The van der Waals surface area contributed by atoms with E-state index in [1.165, 1.54) is 0 Å². The molecule has 2 N–H and O–H groups in total. The molecule has 2 heterocycles. The highest BCUT2D eigenvalue weighted by molar-refractivity contribution is 9.10. The number of amides is 1. The van der Waals surface area contributed by atoms with Gasteiger partial charge in [0.25, 0.3) is 5.91 Å². The van der Waals surface area contributed by atoms with Crippen LogP contribution in [0.1, 0.15) is 5.56 Å². The van der Waals surface area contributed by atoms with Crippen molar-refractivity contribution in [3.63, 3.8) is 0 Å². The van der Waals surface area contributed by atoms with E-state index >= 15 is 0 Å². The van der Waals surface area contributed by atoms with Crippen molar-refractivity contribution in [3.05, 3.63) is 40.5 Å². The van der Waals surface area contributed by atoms with Crippen LogP contribution in [0, 0.1) is 6.92 Å². The minimum absolute atomic E-state index is 0.0627. The molecule has 20 heavy (non-hydrogen) atoms. The number of aryl methyl sites for hydroxylation is 1. The molecule has 0 spiro atoms. The molecule has 102 valence electrons. The molecule has 0 saturated heterocycles. The molecular weight excluding hydrogens is 322 g/mol. The van der Waals surface area contributed by atoms with Gasteiger partial charge >= 0.3 is 0 Å². The van der Waals surface area contributed by atoms with Gasteiger partial charge in [-0.3, -0.25) is 4.79 Å². The number of carbonyl (C=O) groups is 1. The Hall–Kier alpha value is -2.08. The molecule has 3 rings (SSSR count). The van der Waals surface area contributed by atoms with Crippen LogP contribution in [0.4, 0.5) is 17.2 Å². The highest BCUT2D eigenvalue weighted by Gasteiger charge is 2.15. The van der Waals surface area contributed by atoms with Crippen LogP contribution in [0.25, 0.3) is 0 Å². The second kappa shape index (κ2) is 5.13. The zero-order valence-electron chi connectivity index (χ0n) is 10.7. The lowest BCUT2D eigenvalue weighted by molar-refractivity contribution is -0.118. The normalized spacial score (nSPS) is 13.2. The number of aromatic nitrogens is 1. The largest absolute Gasteiger partial charge is 0.482 e. The summed E-state index contributed by atoms with van der Waals surface area (Å²) in [6.07, 6.45) is 1.75. The third-order valence-corrected chi connectivity index (χ3v) is 3.76. The highest BCUT2D eigenvalue weighted by Crippen LogP contribution is 2.31. The van der Waals surface area contributed by atoms with Crippen molar-refractivity contribution in [1.29, 1.82) is 0 Å². The van der Waals surface area contributed by atoms with E-state index in [-0.39, 0.29) is 12.5 Å². The standard InChI is InChI=1S/C14H12BrN3O2/c1-8-4-13(16-6-10(8)15)17-9-2-3-12-11(5-9)18-14(19)7-20-12/h2-6H,7H2,1H3,(H,16,17)(H,18,19). The summed E-state index contributed by atoms with van der Waals surface area (Å²) in [6.45, 7) is 2.06. The predicted molar refractivity (Wildman–Crippen MR) is 80.5 cm³/mol. The summed E-state index contributed by atoms with van der Waals surface area (Å²) in [7, 11) is 0. The maximum atomic E-state index is 11.3. The predicted octanol–water partition coefficient (Wildman–Crippen LogP) is 3.23. The maximum Gasteiger partial charge on any atom is 0.262 e. The Morgan fingerprint density at radius 1 is 1.40 bits per heavy atom. The second-order valence-corrected chi connectivity index (χ2v) is 5.35. The lowest BCUT2D eigenvalue weighted by atomic mass is 10.2. The average Bonchev–Trinajstić information content (AvgIpc) is 2.42. The first-order chi connectivity index (χ1) is 9.61. The van der Waals surface area contributed by atoms with Crippen molar-refractivity contribution in [2.75, 3.05) is 17.2 Å². The van der Waals surface area contributed by atoms with Gasteiger partial charge in [0.2, 0.25) is 0 Å². The molecule has 0 unspecified atom stereocenters. The first-order valence-corrected chi connectivity index (χ1v) is 6.87. The smallest absolute Gasteiger partial charge is 0.262 e. The van der Waals surface area contributed by atoms with Crippen LogP contribution in [-0.4, -0.2) is 17.5 Å². The van der Waals surface area contributed by atoms with Gasteiger partial charge in [-0.05, 0) is 52.7 Å². The van der Waals surface area contributed by atoms with Crippen molar-refractivity contribution < 1.29 is 9.53 Å². The molecule has 1 aromatic heterocycles. The highest BCUT2D eigenvalue weighted by atomic mass is 79.9. The number of pyridine rings is 1. The van der Waals surface area contributed by atoms with Crippen LogP contribution in [-0.2, 0) is 4.79 Å². The Balaban J connectivity index is 1.86. The van der Waals surface area contributed by atoms with Crippen LogP contribution in [0.5, 0.6) is 5.75 Å². The second-order valence-electron chi connectivity index (χ2n) is 4.49. The van der Waals surface area contributed by atoms with Crippen molar-refractivity contribution in [1.82, 2.24) is 4.98 Å². The SMILES string of the molecule is Cc1cc(Nc2ccc3c(c2)NC(=O)CO3)ncc1Br. The van der Waals surface area contributed by atoms with Gasteiger partial charge in [-0.15, -0.1) is 0 Å². The minimum atomic E-state index is -0.146. The number of nitrogens with zero attached hydrogens (tertiary/aromatic N) is 1. The van der Waals surface area contributed by atoms with Crippen molar-refractivity contribution in [2.45, 2.75) is 6.92 Å². The molecule has 0 atom stereocenters. The summed E-state index contributed by atoms with van der Waals surface area (Å²) in [5.41, 5.74) is 2.60. The molecule has 0 aliphatic carbocycles. The Morgan fingerprint density at radius 2 is 2.25 bits per heavy atom. The summed E-state index contributed by atoms with van der Waals surface area (Å²) >= 11 is 3.42. The van der Waals surface area contributed by atoms with Gasteiger partial charge in [-0.1, -0.05) is 0 Å². The molecule has 0 fully saturated rings. The minimum Gasteiger partial charge on any atom is -0.482 e. The number of rotatable bonds is 2.